The number of aliphatic hydroxyl groups is 1. The predicted molar refractivity (Wildman–Crippen MR) is 445 cm³/mol. The smallest absolute Gasteiger partial charge is 0.251 e. The number of carbonyl (C=O) groups is 15. The second kappa shape index (κ2) is 52.8. The van der Waals surface area contributed by atoms with Gasteiger partial charge in [-0.15, -0.1) is 0 Å². The van der Waals surface area contributed by atoms with Crippen molar-refractivity contribution in [2.45, 2.75) is 236 Å². The van der Waals surface area contributed by atoms with Gasteiger partial charge in [0.25, 0.3) is 5.91 Å². The van der Waals surface area contributed by atoms with Crippen molar-refractivity contribution in [3.05, 3.63) is 95.1 Å². The number of carbonyl (C=O) groups excluding carboxylic acids is 15. The molecule has 0 aliphatic carbocycles. The van der Waals surface area contributed by atoms with Gasteiger partial charge in [-0.05, 0) is 137 Å². The normalized spacial score (nSPS) is 14.5. The highest BCUT2D eigenvalue weighted by Gasteiger charge is 2.39. The first kappa shape index (κ1) is 102. The van der Waals surface area contributed by atoms with E-state index in [2.05, 4.69) is 79.8 Å². The molecular formula is C78H123N25O18. The van der Waals surface area contributed by atoms with Crippen LogP contribution >= 0.6 is 0 Å². The molecule has 35 N–H and O–H groups in total. The van der Waals surface area contributed by atoms with Gasteiger partial charge in [0.15, 0.2) is 17.9 Å². The van der Waals surface area contributed by atoms with Crippen LogP contribution in [0.1, 0.15) is 165 Å². The standard InChI is InChI=1S/C78H123N25O18/c1-8-10-14-50(95-71(117)57(37-45-22-28-49(106)29-23-45)99-64(110)42(6)92-66(112)51(15-11-32-89-76(83)84)93-65(111)47-24-18-46(39-79)19-25-47)69(115)101-58(38-60(81)108)72(118)100-56(35-40(3)4)73(119)102-61(41(5)9-2)74(120)103-62(43(7)104)75(121)97-53(17-13-34-91-78(87)88)67(113)96-54(30-31-59(80)107)70(116)94-52(16-12-33-90-77(85)86)68(114)98-55(63(82)109)36-44-20-26-48(105)27-21-44/h18-29,40-43,50-58,61-62,104-106H,8-17,30-39,79H2,1-7H3,(H2,80,107)(H2,81,108)(H2,82,109)(H,92,112)(H,93,111)(H,94,116)(H,95,117)(H,96,113)(H,97,121)(H,98,114)(H,99,110)(H,100,118)(H,101,115)(H,102,119)(H,103,120)(H4,83,84,89)(H4,85,86,90)(H4,87,88,91)/t41-,42-,43+,50-,51-,52-,53-,54-,55-,56-,57-,58-,61-,62-/m0/s1. The van der Waals surface area contributed by atoms with Gasteiger partial charge in [-0.1, -0.05) is 90.3 Å². The molecule has 3 rings (SSSR count). The fraction of sp³-hybridized carbons (Fsp3) is 0.538. The molecule has 668 valence electrons. The third-order valence-electron chi connectivity index (χ3n) is 19.1. The average molecular weight is 1700 g/mol. The summed E-state index contributed by atoms with van der Waals surface area (Å²) in [4.78, 5) is 210. The van der Waals surface area contributed by atoms with Gasteiger partial charge >= 0.3 is 0 Å². The molecule has 0 radical (unpaired) electrons. The summed E-state index contributed by atoms with van der Waals surface area (Å²) < 4.78 is 0. The molecule has 0 unspecified atom stereocenters. The SMILES string of the molecule is CCCC[C@H](NC(=O)[C@H](Cc1ccc(O)cc1)NC(=O)[C@H](C)NC(=O)[C@H](CCCNC(=N)N)NC(=O)c1ccc(CN)cc1)C(=O)N[C@@H](CC(N)=O)C(=O)N[C@@H](CC(C)C)C(=O)N[C@H](C(=O)N[C@H](C(=O)N[C@@H](CCCNC(=N)N)C(=O)N[C@@H](CCC(N)=O)C(=O)N[C@@H](CCCNC(=N)N)C(=O)N[C@@H](Cc1ccc(O)cc1)C(N)=O)[C@@H](C)O)[C@@H](C)CC. The number of aliphatic hydroxyl groups excluding tert-OH is 1. The number of phenols is 2. The van der Waals surface area contributed by atoms with E-state index in [4.69, 9.17) is 56.4 Å². The highest BCUT2D eigenvalue weighted by molar-refractivity contribution is 6.02. The van der Waals surface area contributed by atoms with E-state index in [1.54, 1.807) is 46.8 Å². The van der Waals surface area contributed by atoms with Gasteiger partial charge < -0.3 is 135 Å². The zero-order valence-corrected chi connectivity index (χ0v) is 69.2. The molecule has 43 nitrogen and oxygen atoms in total. The largest absolute Gasteiger partial charge is 0.508 e. The molecule has 14 atom stereocenters. The van der Waals surface area contributed by atoms with Gasteiger partial charge in [-0.3, -0.25) is 88.1 Å². The summed E-state index contributed by atoms with van der Waals surface area (Å²) in [5.41, 5.74) is 40.8. The van der Waals surface area contributed by atoms with Gasteiger partial charge in [-0.2, -0.15) is 0 Å². The highest BCUT2D eigenvalue weighted by atomic mass is 16.3. The van der Waals surface area contributed by atoms with Crippen molar-refractivity contribution < 1.29 is 87.2 Å². The monoisotopic (exact) mass is 1700 g/mol. The van der Waals surface area contributed by atoms with Crippen LogP contribution in [0.25, 0.3) is 0 Å². The Bertz CT molecular complexity index is 4020. The van der Waals surface area contributed by atoms with Crippen LogP contribution < -0.4 is 120 Å². The fourth-order valence-electron chi connectivity index (χ4n) is 12.1. The Balaban J connectivity index is 1.95. The van der Waals surface area contributed by atoms with Crippen LogP contribution in [0.4, 0.5) is 0 Å². The lowest BCUT2D eigenvalue weighted by Gasteiger charge is -2.31. The third kappa shape index (κ3) is 38.5. The van der Waals surface area contributed by atoms with E-state index >= 15 is 0 Å². The van der Waals surface area contributed by atoms with Crippen LogP contribution in [0.2, 0.25) is 0 Å². The molecule has 15 amide bonds. The second-order valence-electron chi connectivity index (χ2n) is 29.8. The summed E-state index contributed by atoms with van der Waals surface area (Å²) in [6.45, 7) is 11.1. The molecule has 0 saturated heterocycles. The number of amides is 15. The maximum atomic E-state index is 14.7. The number of phenolic OH excluding ortho intramolecular Hbond substituents is 2. The molecule has 43 heteroatoms. The van der Waals surface area contributed by atoms with Crippen molar-refractivity contribution in [3.8, 4) is 11.5 Å². The van der Waals surface area contributed by atoms with E-state index in [1.165, 1.54) is 67.6 Å². The zero-order chi connectivity index (χ0) is 90.8. The number of unbranched alkanes of at least 4 members (excludes halogenated alkanes) is 1. The fourth-order valence-corrected chi connectivity index (χ4v) is 12.1. The minimum absolute atomic E-state index is 0.00974. The zero-order valence-electron chi connectivity index (χ0n) is 69.2. The van der Waals surface area contributed by atoms with Crippen molar-refractivity contribution in [1.82, 2.24) is 79.8 Å². The molecule has 0 aromatic heterocycles. The lowest BCUT2D eigenvalue weighted by molar-refractivity contribution is -0.138. The van der Waals surface area contributed by atoms with Gasteiger partial charge in [0.05, 0.1) is 12.5 Å². The second-order valence-corrected chi connectivity index (χ2v) is 29.8. The summed E-state index contributed by atoms with van der Waals surface area (Å²) in [5, 5.41) is 92.1. The predicted octanol–water partition coefficient (Wildman–Crippen LogP) is -5.43. The number of nitrogens with one attached hydrogen (secondary N) is 18. The molecule has 0 bridgehead atoms. The lowest BCUT2D eigenvalue weighted by atomic mass is 9.96. The summed E-state index contributed by atoms with van der Waals surface area (Å²) in [5.74, 6) is -17.4. The van der Waals surface area contributed by atoms with Crippen LogP contribution in [-0.2, 0) is 86.5 Å². The molecule has 0 saturated carbocycles. The Morgan fingerprint density at radius 1 is 0.380 bits per heavy atom. The molecule has 0 aliphatic heterocycles. The van der Waals surface area contributed by atoms with E-state index in [1.807, 2.05) is 0 Å². The Kier molecular flexibility index (Phi) is 44.6. The molecule has 0 aliphatic rings. The van der Waals surface area contributed by atoms with Crippen molar-refractivity contribution in [2.24, 2.45) is 52.0 Å². The number of guanidine groups is 3. The van der Waals surface area contributed by atoms with Crippen LogP contribution in [0, 0.1) is 28.1 Å². The number of primary amides is 3. The summed E-state index contributed by atoms with van der Waals surface area (Å²) in [6, 6.07) is -1.21. The van der Waals surface area contributed by atoms with Gasteiger partial charge in [0.2, 0.25) is 82.7 Å². The number of benzene rings is 3. The minimum atomic E-state index is -1.93. The van der Waals surface area contributed by atoms with Crippen molar-refractivity contribution in [2.75, 3.05) is 19.6 Å². The molecule has 0 heterocycles. The average Bonchev–Trinajstić information content (AvgIpc) is 0.839. The Morgan fingerprint density at radius 3 is 1.15 bits per heavy atom. The molecular weight excluding hydrogens is 1580 g/mol. The maximum Gasteiger partial charge on any atom is 0.251 e. The van der Waals surface area contributed by atoms with Crippen LogP contribution in [0.15, 0.2) is 72.8 Å². The molecule has 121 heavy (non-hydrogen) atoms. The van der Waals surface area contributed by atoms with Crippen LogP contribution in [-0.4, -0.2) is 220 Å². The number of rotatable bonds is 55. The lowest BCUT2D eigenvalue weighted by Crippen LogP contribution is -2.63. The molecule has 3 aromatic rings. The first-order valence-electron chi connectivity index (χ1n) is 39.8. The van der Waals surface area contributed by atoms with Crippen molar-refractivity contribution in [1.29, 1.82) is 16.2 Å². The van der Waals surface area contributed by atoms with Crippen molar-refractivity contribution in [3.63, 3.8) is 0 Å². The summed E-state index contributed by atoms with van der Waals surface area (Å²) in [7, 11) is 0. The van der Waals surface area contributed by atoms with Crippen LogP contribution in [0.3, 0.4) is 0 Å². The minimum Gasteiger partial charge on any atom is -0.508 e. The van der Waals surface area contributed by atoms with E-state index in [-0.39, 0.29) is 126 Å². The third-order valence-corrected chi connectivity index (χ3v) is 19.1. The Morgan fingerprint density at radius 2 is 0.736 bits per heavy atom. The Labute approximate surface area is 701 Å². The first-order valence-corrected chi connectivity index (χ1v) is 39.8. The first-order chi connectivity index (χ1) is 57.1. The number of hydrogen-bond acceptors (Lipinski definition) is 22. The highest BCUT2D eigenvalue weighted by Crippen LogP contribution is 2.18. The summed E-state index contributed by atoms with van der Waals surface area (Å²) >= 11 is 0. The Hall–Kier alpha value is -13.0. The molecule has 0 spiro atoms. The number of hydrogen-bond donors (Lipinski definition) is 28. The topological polar surface area (TPSA) is 751 Å². The molecule has 3 aromatic carbocycles. The van der Waals surface area contributed by atoms with E-state index in [9.17, 15) is 87.2 Å². The molecule has 0 fully saturated rings. The van der Waals surface area contributed by atoms with E-state index in [0.717, 1.165) is 12.5 Å². The quantitative estimate of drug-likeness (QED) is 0.0142. The van der Waals surface area contributed by atoms with E-state index < -0.39 is 210 Å². The maximum absolute atomic E-state index is 14.7. The summed E-state index contributed by atoms with van der Waals surface area (Å²) in [6.07, 6.45) is -3.61. The van der Waals surface area contributed by atoms with Gasteiger partial charge in [0, 0.05) is 51.0 Å². The van der Waals surface area contributed by atoms with Crippen molar-refractivity contribution >= 4 is 106 Å². The van der Waals surface area contributed by atoms with Gasteiger partial charge in [0.1, 0.15) is 84.0 Å². The number of aromatic hydroxyl groups is 2. The van der Waals surface area contributed by atoms with Crippen LogP contribution in [0.5, 0.6) is 11.5 Å². The number of nitrogens with two attached hydrogens (primary N) is 7. The van der Waals surface area contributed by atoms with E-state index in [0.29, 0.717) is 17.5 Å². The van der Waals surface area contributed by atoms with Gasteiger partial charge in [-0.25, -0.2) is 0 Å².